The highest BCUT2D eigenvalue weighted by Crippen LogP contribution is 2.32. The highest BCUT2D eigenvalue weighted by Gasteiger charge is 2.53. The first kappa shape index (κ1) is 30.5. The van der Waals surface area contributed by atoms with E-state index in [0.29, 0.717) is 31.4 Å². The molecule has 224 valence electrons. The van der Waals surface area contributed by atoms with Crippen molar-refractivity contribution >= 4 is 35.1 Å². The first-order chi connectivity index (χ1) is 19.5. The predicted molar refractivity (Wildman–Crippen MR) is 156 cm³/mol. The lowest BCUT2D eigenvalue weighted by atomic mass is 9.97. The summed E-state index contributed by atoms with van der Waals surface area (Å²) in [5.41, 5.74) is 1.57. The zero-order valence-electron chi connectivity index (χ0n) is 25.0. The Morgan fingerprint density at radius 2 is 1.59 bits per heavy atom. The van der Waals surface area contributed by atoms with E-state index in [4.69, 9.17) is 0 Å². The lowest BCUT2D eigenvalue weighted by Gasteiger charge is -2.31. The molecule has 3 aliphatic rings. The van der Waals surface area contributed by atoms with Crippen molar-refractivity contribution in [2.24, 2.45) is 11.8 Å². The largest absolute Gasteiger partial charge is 0.372 e. The summed E-state index contributed by atoms with van der Waals surface area (Å²) in [5.74, 6) is -1.36. The third-order valence-corrected chi connectivity index (χ3v) is 8.74. The molecule has 5 unspecified atom stereocenters. The molecular weight excluding hydrogens is 522 g/mol. The highest BCUT2D eigenvalue weighted by atomic mass is 16.2. The van der Waals surface area contributed by atoms with Crippen molar-refractivity contribution in [1.82, 2.24) is 20.4 Å². The van der Waals surface area contributed by atoms with Gasteiger partial charge in [-0.1, -0.05) is 34.1 Å². The Labute approximate surface area is 243 Å². The molecule has 4 rings (SSSR count). The van der Waals surface area contributed by atoms with E-state index in [1.165, 1.54) is 19.8 Å². The van der Waals surface area contributed by atoms with Gasteiger partial charge < -0.3 is 25.3 Å². The molecule has 1 aromatic rings. The fourth-order valence-corrected chi connectivity index (χ4v) is 6.37. The van der Waals surface area contributed by atoms with E-state index >= 15 is 0 Å². The molecule has 3 aliphatic heterocycles. The molecule has 1 aromatic carbocycles. The van der Waals surface area contributed by atoms with Crippen LogP contribution in [0, 0.1) is 11.8 Å². The normalized spacial score (nSPS) is 22.5. The molecule has 3 heterocycles. The smallest absolute Gasteiger partial charge is 0.251 e. The van der Waals surface area contributed by atoms with Crippen LogP contribution in [0.3, 0.4) is 0 Å². The van der Waals surface area contributed by atoms with Crippen LogP contribution >= 0.6 is 0 Å². The molecule has 0 saturated carbocycles. The molecule has 10 nitrogen and oxygen atoms in total. The maximum atomic E-state index is 13.9. The zero-order valence-corrected chi connectivity index (χ0v) is 25.0. The molecular formula is C31H45N5O5. The molecule has 0 radical (unpaired) electrons. The van der Waals surface area contributed by atoms with Crippen LogP contribution in [0.5, 0.6) is 0 Å². The van der Waals surface area contributed by atoms with E-state index in [1.54, 1.807) is 21.9 Å². The topological polar surface area (TPSA) is 119 Å². The predicted octanol–water partition coefficient (Wildman–Crippen LogP) is 2.36. The number of amides is 4. The molecule has 0 spiro atoms. The minimum Gasteiger partial charge on any atom is -0.372 e. The van der Waals surface area contributed by atoms with E-state index < -0.39 is 24.2 Å². The first-order valence-electron chi connectivity index (χ1n) is 15.1. The van der Waals surface area contributed by atoms with Crippen molar-refractivity contribution in [3.05, 3.63) is 29.8 Å². The van der Waals surface area contributed by atoms with Gasteiger partial charge in [0, 0.05) is 37.8 Å². The zero-order chi connectivity index (χ0) is 29.8. The minimum atomic E-state index is -0.788. The van der Waals surface area contributed by atoms with E-state index in [1.807, 2.05) is 39.8 Å². The number of ketones is 1. The van der Waals surface area contributed by atoms with Crippen LogP contribution in [0.1, 0.15) is 77.1 Å². The number of rotatable bonds is 10. The number of fused-ring (bicyclic) bond motifs is 1. The Balaban J connectivity index is 1.47. The molecule has 5 atom stereocenters. The van der Waals surface area contributed by atoms with Gasteiger partial charge in [-0.05, 0) is 61.8 Å². The second kappa shape index (κ2) is 13.0. The van der Waals surface area contributed by atoms with Gasteiger partial charge in [-0.2, -0.15) is 0 Å². The van der Waals surface area contributed by atoms with Crippen LogP contribution in [-0.2, 0) is 19.2 Å². The van der Waals surface area contributed by atoms with Crippen LogP contribution < -0.4 is 15.5 Å². The molecule has 41 heavy (non-hydrogen) atoms. The van der Waals surface area contributed by atoms with Crippen molar-refractivity contribution in [1.29, 1.82) is 0 Å². The number of hydrogen-bond donors (Lipinski definition) is 2. The van der Waals surface area contributed by atoms with Gasteiger partial charge in [-0.3, -0.25) is 24.0 Å². The van der Waals surface area contributed by atoms with Crippen molar-refractivity contribution in [3.63, 3.8) is 0 Å². The fraction of sp³-hybridized carbons (Fsp3) is 0.645. The van der Waals surface area contributed by atoms with E-state index in [0.717, 1.165) is 18.8 Å². The lowest BCUT2D eigenvalue weighted by molar-refractivity contribution is -0.139. The number of hydrogen-bond acceptors (Lipinski definition) is 6. The van der Waals surface area contributed by atoms with Crippen LogP contribution in [0.2, 0.25) is 0 Å². The summed E-state index contributed by atoms with van der Waals surface area (Å²) in [4.78, 5) is 71.1. The van der Waals surface area contributed by atoms with Crippen molar-refractivity contribution in [2.75, 3.05) is 31.1 Å². The standard InChI is InChI=1S/C31H45N5O5/c1-6-20(4)27(32-21(5)37)31(41)36-18-26(38)28-25(36)13-16-35(28)30(40)24(17-19(2)3)33-29(39)22-9-11-23(12-10-22)34-14-7-8-15-34/h9-12,19-20,24-25,27-28H,6-8,13-18H2,1-5H3,(H,32,37)(H,33,39). The van der Waals surface area contributed by atoms with Gasteiger partial charge in [0.25, 0.3) is 5.91 Å². The van der Waals surface area contributed by atoms with Crippen molar-refractivity contribution in [3.8, 4) is 0 Å². The molecule has 10 heteroatoms. The van der Waals surface area contributed by atoms with E-state index in [-0.39, 0.29) is 47.8 Å². The van der Waals surface area contributed by atoms with E-state index in [9.17, 15) is 24.0 Å². The second-order valence-electron chi connectivity index (χ2n) is 12.2. The summed E-state index contributed by atoms with van der Waals surface area (Å²) in [6, 6.07) is 4.78. The van der Waals surface area contributed by atoms with E-state index in [2.05, 4.69) is 15.5 Å². The first-order valence-corrected chi connectivity index (χ1v) is 15.1. The Hall–Kier alpha value is -3.43. The van der Waals surface area contributed by atoms with Crippen LogP contribution in [0.15, 0.2) is 24.3 Å². The lowest BCUT2D eigenvalue weighted by Crippen LogP contribution is -2.54. The molecule has 3 fully saturated rings. The van der Waals surface area contributed by atoms with Crippen molar-refractivity contribution < 1.29 is 24.0 Å². The number of carbonyl (C=O) groups excluding carboxylic acids is 5. The fourth-order valence-electron chi connectivity index (χ4n) is 6.37. The molecule has 0 aliphatic carbocycles. The third-order valence-electron chi connectivity index (χ3n) is 8.74. The second-order valence-corrected chi connectivity index (χ2v) is 12.2. The summed E-state index contributed by atoms with van der Waals surface area (Å²) in [7, 11) is 0. The number of Topliss-reactive ketones (excluding diaryl/α,β-unsaturated/α-hetero) is 1. The number of nitrogens with zero attached hydrogens (tertiary/aromatic N) is 3. The van der Waals surface area contributed by atoms with Gasteiger partial charge in [0.2, 0.25) is 17.7 Å². The maximum absolute atomic E-state index is 13.9. The van der Waals surface area contributed by atoms with Gasteiger partial charge in [0.15, 0.2) is 5.78 Å². The van der Waals surface area contributed by atoms with Gasteiger partial charge in [-0.15, -0.1) is 0 Å². The summed E-state index contributed by atoms with van der Waals surface area (Å²) in [6.07, 6.45) is 3.93. The quantitative estimate of drug-likeness (QED) is 0.448. The third kappa shape index (κ3) is 6.73. The van der Waals surface area contributed by atoms with Gasteiger partial charge in [0.05, 0.1) is 12.6 Å². The molecule has 0 bridgehead atoms. The minimum absolute atomic E-state index is 0.0883. The number of anilines is 1. The van der Waals surface area contributed by atoms with Gasteiger partial charge in [-0.25, -0.2) is 0 Å². The van der Waals surface area contributed by atoms with Crippen LogP contribution in [0.4, 0.5) is 5.69 Å². The highest BCUT2D eigenvalue weighted by molar-refractivity contribution is 6.01. The number of benzene rings is 1. The van der Waals surface area contributed by atoms with Gasteiger partial charge in [0.1, 0.15) is 18.1 Å². The summed E-state index contributed by atoms with van der Waals surface area (Å²) in [5, 5.41) is 5.70. The Morgan fingerprint density at radius 1 is 0.927 bits per heavy atom. The van der Waals surface area contributed by atoms with Crippen molar-refractivity contribution in [2.45, 2.75) is 90.9 Å². The van der Waals surface area contributed by atoms with Gasteiger partial charge >= 0.3 is 0 Å². The maximum Gasteiger partial charge on any atom is 0.251 e. The number of likely N-dealkylation sites (tertiary alicyclic amines) is 2. The molecule has 3 saturated heterocycles. The summed E-state index contributed by atoms with van der Waals surface area (Å²) in [6.45, 7) is 11.5. The molecule has 4 amide bonds. The Kier molecular flexibility index (Phi) is 9.71. The average molecular weight is 568 g/mol. The molecule has 0 aromatic heterocycles. The average Bonchev–Trinajstić information content (AvgIpc) is 3.69. The summed E-state index contributed by atoms with van der Waals surface area (Å²) >= 11 is 0. The van der Waals surface area contributed by atoms with Crippen LogP contribution in [0.25, 0.3) is 0 Å². The Morgan fingerprint density at radius 3 is 2.17 bits per heavy atom. The SMILES string of the molecule is CCC(C)C(NC(C)=O)C(=O)N1CC(=O)C2C1CCN2C(=O)C(CC(C)C)NC(=O)c1ccc(N2CCCC2)cc1. The Bertz CT molecular complexity index is 1150. The monoisotopic (exact) mass is 567 g/mol. The molecule has 2 N–H and O–H groups in total. The summed E-state index contributed by atoms with van der Waals surface area (Å²) < 4.78 is 0. The van der Waals surface area contributed by atoms with Crippen LogP contribution in [-0.4, -0.2) is 89.6 Å². The number of nitrogens with one attached hydrogen (secondary N) is 2. The number of carbonyl (C=O) groups is 5.